The Balaban J connectivity index is 1.97. The van der Waals surface area contributed by atoms with Crippen molar-refractivity contribution in [2.24, 2.45) is 0 Å². The molecule has 1 aromatic heterocycles. The van der Waals surface area contributed by atoms with E-state index >= 15 is 0 Å². The first-order valence-electron chi connectivity index (χ1n) is 9.11. The Labute approximate surface area is 161 Å². The van der Waals surface area contributed by atoms with Crippen LogP contribution in [0.4, 0.5) is 0 Å². The number of benzene rings is 2. The van der Waals surface area contributed by atoms with E-state index in [1.807, 2.05) is 42.7 Å². The van der Waals surface area contributed by atoms with Crippen molar-refractivity contribution in [3.05, 3.63) is 77.1 Å². The number of aromatic nitrogens is 1. The highest BCUT2D eigenvalue weighted by atomic mass is 16.5. The van der Waals surface area contributed by atoms with Crippen LogP contribution in [0, 0.1) is 6.92 Å². The van der Waals surface area contributed by atoms with Gasteiger partial charge in [0.2, 0.25) is 0 Å². The first-order chi connectivity index (χ1) is 13.2. The monoisotopic (exact) mass is 359 g/mol. The molecule has 138 valence electrons. The number of methoxy groups -OCH3 is 2. The third kappa shape index (κ3) is 4.03. The van der Waals surface area contributed by atoms with Crippen LogP contribution in [0.25, 0.3) is 23.3 Å². The first kappa shape index (κ1) is 18.7. The van der Waals surface area contributed by atoms with Gasteiger partial charge in [-0.1, -0.05) is 49.4 Å². The largest absolute Gasteiger partial charge is 0.496 e. The van der Waals surface area contributed by atoms with Crippen LogP contribution in [-0.4, -0.2) is 19.2 Å². The molecule has 0 aliphatic heterocycles. The molecule has 0 radical (unpaired) electrons. The zero-order valence-electron chi connectivity index (χ0n) is 16.3. The molecule has 0 saturated carbocycles. The van der Waals surface area contributed by atoms with Gasteiger partial charge in [0.25, 0.3) is 0 Å². The summed E-state index contributed by atoms with van der Waals surface area (Å²) < 4.78 is 11.1. The zero-order valence-corrected chi connectivity index (χ0v) is 16.3. The molecule has 0 amide bonds. The molecular formula is C24H25NO2. The molecule has 3 rings (SSSR count). The van der Waals surface area contributed by atoms with Gasteiger partial charge in [-0.15, -0.1) is 0 Å². The molecule has 27 heavy (non-hydrogen) atoms. The molecule has 0 bridgehead atoms. The third-order valence-electron chi connectivity index (χ3n) is 4.78. The molecule has 0 unspecified atom stereocenters. The van der Waals surface area contributed by atoms with Crippen molar-refractivity contribution >= 4 is 12.2 Å². The van der Waals surface area contributed by atoms with Crippen molar-refractivity contribution in [2.75, 3.05) is 14.2 Å². The van der Waals surface area contributed by atoms with E-state index in [1.165, 1.54) is 11.1 Å². The Hall–Kier alpha value is -3.07. The summed E-state index contributed by atoms with van der Waals surface area (Å²) in [6, 6.07) is 14.4. The summed E-state index contributed by atoms with van der Waals surface area (Å²) in [5.74, 6) is 1.70. The van der Waals surface area contributed by atoms with Crippen molar-refractivity contribution in [2.45, 2.75) is 20.3 Å². The molecular weight excluding hydrogens is 334 g/mol. The average molecular weight is 359 g/mol. The molecule has 2 aromatic carbocycles. The van der Waals surface area contributed by atoms with Crippen LogP contribution in [0.15, 0.2) is 54.9 Å². The second-order valence-corrected chi connectivity index (χ2v) is 6.36. The maximum Gasteiger partial charge on any atom is 0.126 e. The van der Waals surface area contributed by atoms with Crippen LogP contribution >= 0.6 is 0 Å². The number of ether oxygens (including phenoxy) is 2. The van der Waals surface area contributed by atoms with E-state index in [4.69, 9.17) is 9.47 Å². The van der Waals surface area contributed by atoms with Gasteiger partial charge in [0, 0.05) is 23.5 Å². The lowest BCUT2D eigenvalue weighted by Gasteiger charge is -2.13. The first-order valence-corrected chi connectivity index (χ1v) is 9.11. The van der Waals surface area contributed by atoms with Gasteiger partial charge in [0.05, 0.1) is 14.2 Å². The fraction of sp³-hybridized carbons (Fsp3) is 0.208. The number of hydrogen-bond acceptors (Lipinski definition) is 3. The Morgan fingerprint density at radius 3 is 2.19 bits per heavy atom. The topological polar surface area (TPSA) is 31.4 Å². The third-order valence-corrected chi connectivity index (χ3v) is 4.78. The zero-order chi connectivity index (χ0) is 19.2. The highest BCUT2D eigenvalue weighted by molar-refractivity contribution is 5.77. The fourth-order valence-electron chi connectivity index (χ4n) is 3.25. The normalized spacial score (nSPS) is 11.0. The maximum absolute atomic E-state index is 5.55. The van der Waals surface area contributed by atoms with Crippen molar-refractivity contribution < 1.29 is 9.47 Å². The predicted octanol–water partition coefficient (Wildman–Crippen LogP) is 5.81. The van der Waals surface area contributed by atoms with Gasteiger partial charge in [-0.2, -0.15) is 0 Å². The van der Waals surface area contributed by atoms with E-state index in [2.05, 4.69) is 43.1 Å². The Kier molecular flexibility index (Phi) is 5.92. The van der Waals surface area contributed by atoms with Gasteiger partial charge in [-0.05, 0) is 47.7 Å². The highest BCUT2D eigenvalue weighted by Crippen LogP contribution is 2.32. The molecule has 0 saturated heterocycles. The summed E-state index contributed by atoms with van der Waals surface area (Å²) in [4.78, 5) is 4.43. The van der Waals surface area contributed by atoms with Gasteiger partial charge in [0.1, 0.15) is 11.5 Å². The quantitative estimate of drug-likeness (QED) is 0.557. The molecule has 0 N–H and O–H groups in total. The maximum atomic E-state index is 5.55. The van der Waals surface area contributed by atoms with Gasteiger partial charge in [-0.3, -0.25) is 4.98 Å². The lowest BCUT2D eigenvalue weighted by atomic mass is 9.98. The fourth-order valence-corrected chi connectivity index (χ4v) is 3.25. The number of hydrogen-bond donors (Lipinski definition) is 0. The molecule has 0 aliphatic carbocycles. The second kappa shape index (κ2) is 8.54. The van der Waals surface area contributed by atoms with E-state index < -0.39 is 0 Å². The molecule has 1 heterocycles. The van der Waals surface area contributed by atoms with Crippen LogP contribution in [0.1, 0.15) is 29.2 Å². The predicted molar refractivity (Wildman–Crippen MR) is 112 cm³/mol. The smallest absolute Gasteiger partial charge is 0.126 e. The Bertz CT molecular complexity index is 921. The minimum absolute atomic E-state index is 0.851. The highest BCUT2D eigenvalue weighted by Gasteiger charge is 2.10. The Morgan fingerprint density at radius 2 is 1.59 bits per heavy atom. The van der Waals surface area contributed by atoms with Crippen molar-refractivity contribution in [1.82, 2.24) is 4.98 Å². The molecule has 0 aliphatic rings. The van der Waals surface area contributed by atoms with E-state index in [1.54, 1.807) is 14.2 Å². The summed E-state index contributed by atoms with van der Waals surface area (Å²) in [6.45, 7) is 4.23. The molecule has 3 aromatic rings. The number of rotatable bonds is 6. The van der Waals surface area contributed by atoms with Crippen LogP contribution in [-0.2, 0) is 6.42 Å². The van der Waals surface area contributed by atoms with Crippen molar-refractivity contribution in [1.29, 1.82) is 0 Å². The minimum atomic E-state index is 0.851. The van der Waals surface area contributed by atoms with Crippen LogP contribution in [0.3, 0.4) is 0 Å². The van der Waals surface area contributed by atoms with E-state index in [9.17, 15) is 0 Å². The molecule has 3 nitrogen and oxygen atoms in total. The molecule has 0 fully saturated rings. The summed E-state index contributed by atoms with van der Waals surface area (Å²) in [5, 5.41) is 0. The van der Waals surface area contributed by atoms with Crippen LogP contribution < -0.4 is 9.47 Å². The summed E-state index contributed by atoms with van der Waals surface area (Å²) in [5.41, 5.74) is 6.74. The second-order valence-electron chi connectivity index (χ2n) is 6.36. The van der Waals surface area contributed by atoms with E-state index in [0.717, 1.165) is 40.2 Å². The summed E-state index contributed by atoms with van der Waals surface area (Å²) >= 11 is 0. The molecule has 3 heteroatoms. The lowest BCUT2D eigenvalue weighted by molar-refractivity contribution is 0.386. The van der Waals surface area contributed by atoms with Crippen LogP contribution in [0.2, 0.25) is 0 Å². The Morgan fingerprint density at radius 1 is 0.926 bits per heavy atom. The number of pyridine rings is 1. The van der Waals surface area contributed by atoms with Crippen molar-refractivity contribution in [3.8, 4) is 22.6 Å². The van der Waals surface area contributed by atoms with Gasteiger partial charge < -0.3 is 9.47 Å². The van der Waals surface area contributed by atoms with Crippen LogP contribution in [0.5, 0.6) is 11.5 Å². The summed E-state index contributed by atoms with van der Waals surface area (Å²) in [7, 11) is 3.39. The minimum Gasteiger partial charge on any atom is -0.496 e. The van der Waals surface area contributed by atoms with E-state index in [0.29, 0.717) is 0 Å². The average Bonchev–Trinajstić information content (AvgIpc) is 2.72. The standard InChI is InChI=1S/C24H25NO2/c1-5-21-23(26-3)13-18(14-24(21)27-4)11-12-20-15-25-16-22(17(20)2)19-9-7-6-8-10-19/h6-16H,5H2,1-4H3/b12-11+. The summed E-state index contributed by atoms with van der Waals surface area (Å²) in [6.07, 6.45) is 8.84. The number of nitrogens with zero attached hydrogens (tertiary/aromatic N) is 1. The molecule has 0 spiro atoms. The van der Waals surface area contributed by atoms with Crippen molar-refractivity contribution in [3.63, 3.8) is 0 Å². The SMILES string of the molecule is CCc1c(OC)cc(/C=C/c2cncc(-c3ccccc3)c2C)cc1OC. The molecule has 0 atom stereocenters. The van der Waals surface area contributed by atoms with E-state index in [-0.39, 0.29) is 0 Å². The van der Waals surface area contributed by atoms with Gasteiger partial charge in [0.15, 0.2) is 0 Å². The van der Waals surface area contributed by atoms with Gasteiger partial charge >= 0.3 is 0 Å². The van der Waals surface area contributed by atoms with Gasteiger partial charge in [-0.25, -0.2) is 0 Å². The lowest BCUT2D eigenvalue weighted by Crippen LogP contribution is -1.96.